The van der Waals surface area contributed by atoms with Gasteiger partial charge in [0.15, 0.2) is 0 Å². The Kier molecular flexibility index (Phi) is 6.45. The molecule has 0 bridgehead atoms. The van der Waals surface area contributed by atoms with Gasteiger partial charge in [0, 0.05) is 5.02 Å². The highest BCUT2D eigenvalue weighted by molar-refractivity contribution is 8.23. The molecule has 0 aliphatic rings. The van der Waals surface area contributed by atoms with Crippen molar-refractivity contribution in [1.29, 1.82) is 0 Å². The normalized spacial score (nSPS) is 11.7. The first-order valence-corrected chi connectivity index (χ1v) is 8.60. The van der Waals surface area contributed by atoms with Gasteiger partial charge in [-0.1, -0.05) is 59.8 Å². The van der Waals surface area contributed by atoms with E-state index in [-0.39, 0.29) is 4.38 Å². The molecular formula is C17H15ClO3S2. The molecule has 23 heavy (non-hydrogen) atoms. The molecule has 2 rings (SSSR count). The van der Waals surface area contributed by atoms with E-state index in [1.165, 1.54) is 0 Å². The Morgan fingerprint density at radius 3 is 2.17 bits per heavy atom. The molecule has 1 N–H and O–H groups in total. The van der Waals surface area contributed by atoms with E-state index in [1.807, 2.05) is 43.3 Å². The van der Waals surface area contributed by atoms with Crippen LogP contribution in [0.1, 0.15) is 17.7 Å². The van der Waals surface area contributed by atoms with Crippen LogP contribution in [0.5, 0.6) is 0 Å². The zero-order valence-corrected chi connectivity index (χ0v) is 14.8. The average molecular weight is 367 g/mol. The Morgan fingerprint density at radius 1 is 1.17 bits per heavy atom. The Hall–Kier alpha value is -1.56. The minimum atomic E-state index is -0.948. The van der Waals surface area contributed by atoms with Gasteiger partial charge in [-0.05, 0) is 48.0 Å². The van der Waals surface area contributed by atoms with Gasteiger partial charge < -0.3 is 9.84 Å². The summed E-state index contributed by atoms with van der Waals surface area (Å²) in [7, 11) is 0. The molecule has 0 fully saturated rings. The summed E-state index contributed by atoms with van der Waals surface area (Å²) in [6.45, 7) is 2.23. The van der Waals surface area contributed by atoms with Crippen molar-refractivity contribution < 1.29 is 14.6 Å². The van der Waals surface area contributed by atoms with Crippen molar-refractivity contribution in [3.05, 3.63) is 59.1 Å². The third-order valence-electron chi connectivity index (χ3n) is 3.09. The molecule has 0 amide bonds. The Labute approximate surface area is 149 Å². The van der Waals surface area contributed by atoms with Crippen LogP contribution >= 0.6 is 35.6 Å². The van der Waals surface area contributed by atoms with Crippen molar-refractivity contribution in [2.45, 2.75) is 12.2 Å². The predicted octanol–water partition coefficient (Wildman–Crippen LogP) is 5.19. The number of hydrogen-bond donors (Lipinski definition) is 1. The number of carboxylic acid groups (broad SMARTS) is 1. The van der Waals surface area contributed by atoms with Gasteiger partial charge in [0.1, 0.15) is 5.25 Å². The molecule has 0 aliphatic carbocycles. The first kappa shape index (κ1) is 17.8. The van der Waals surface area contributed by atoms with Crippen LogP contribution < -0.4 is 0 Å². The lowest BCUT2D eigenvalue weighted by atomic mass is 10.0. The zero-order chi connectivity index (χ0) is 16.8. The van der Waals surface area contributed by atoms with Crippen LogP contribution in [-0.2, 0) is 9.53 Å². The Morgan fingerprint density at radius 2 is 1.70 bits per heavy atom. The van der Waals surface area contributed by atoms with Gasteiger partial charge in [0.2, 0.25) is 4.38 Å². The van der Waals surface area contributed by atoms with Crippen molar-refractivity contribution in [2.75, 3.05) is 6.61 Å². The molecule has 6 heteroatoms. The number of carboxylic acids is 1. The van der Waals surface area contributed by atoms with E-state index in [1.54, 1.807) is 12.1 Å². The Balaban J connectivity index is 2.20. The summed E-state index contributed by atoms with van der Waals surface area (Å²) in [5.74, 6) is -0.948. The third kappa shape index (κ3) is 4.96. The largest absolute Gasteiger partial charge is 0.480 e. The predicted molar refractivity (Wildman–Crippen MR) is 99.1 cm³/mol. The summed E-state index contributed by atoms with van der Waals surface area (Å²) in [5.41, 5.74) is 2.68. The summed E-state index contributed by atoms with van der Waals surface area (Å²) in [5, 5.41) is 9.30. The minimum Gasteiger partial charge on any atom is -0.480 e. The first-order valence-electron chi connectivity index (χ1n) is 6.93. The molecule has 0 radical (unpaired) electrons. The topological polar surface area (TPSA) is 46.5 Å². The summed E-state index contributed by atoms with van der Waals surface area (Å²) in [4.78, 5) is 11.5. The standard InChI is InChI=1S/C17H15ClO3S2/c1-2-21-17(22)23-15(16(19)20)13-5-3-11(4-6-13)12-7-9-14(18)10-8-12/h3-10,15H,2H2,1H3,(H,19,20). The van der Waals surface area contributed by atoms with Crippen LogP contribution in [0.2, 0.25) is 5.02 Å². The highest BCUT2D eigenvalue weighted by Gasteiger charge is 2.23. The molecule has 1 atom stereocenters. The van der Waals surface area contributed by atoms with Gasteiger partial charge in [-0.25, -0.2) is 0 Å². The molecule has 2 aromatic rings. The van der Waals surface area contributed by atoms with Crippen molar-refractivity contribution in [1.82, 2.24) is 0 Å². The van der Waals surface area contributed by atoms with Gasteiger partial charge in [0.25, 0.3) is 0 Å². The van der Waals surface area contributed by atoms with Crippen LogP contribution in [0.4, 0.5) is 0 Å². The quantitative estimate of drug-likeness (QED) is 0.738. The molecular weight excluding hydrogens is 352 g/mol. The minimum absolute atomic E-state index is 0.238. The van der Waals surface area contributed by atoms with Crippen LogP contribution in [-0.4, -0.2) is 22.1 Å². The third-order valence-corrected chi connectivity index (χ3v) is 4.77. The van der Waals surface area contributed by atoms with Crippen LogP contribution in [0.3, 0.4) is 0 Å². The molecule has 0 aromatic heterocycles. The van der Waals surface area contributed by atoms with E-state index in [0.717, 1.165) is 22.9 Å². The van der Waals surface area contributed by atoms with Gasteiger partial charge >= 0.3 is 5.97 Å². The van der Waals surface area contributed by atoms with Gasteiger partial charge in [-0.2, -0.15) is 0 Å². The molecule has 1 unspecified atom stereocenters. The van der Waals surface area contributed by atoms with E-state index in [9.17, 15) is 9.90 Å². The number of carbonyl (C=O) groups is 1. The van der Waals surface area contributed by atoms with E-state index in [0.29, 0.717) is 17.2 Å². The van der Waals surface area contributed by atoms with Crippen molar-refractivity contribution in [3.8, 4) is 11.1 Å². The number of hydrogen-bond acceptors (Lipinski definition) is 4. The summed E-state index contributed by atoms with van der Waals surface area (Å²) in [6, 6.07) is 14.9. The lowest BCUT2D eigenvalue weighted by Gasteiger charge is -2.13. The summed E-state index contributed by atoms with van der Waals surface area (Å²) in [6.07, 6.45) is 0. The van der Waals surface area contributed by atoms with Crippen molar-refractivity contribution >= 4 is 45.9 Å². The van der Waals surface area contributed by atoms with E-state index >= 15 is 0 Å². The number of ether oxygens (including phenoxy) is 1. The van der Waals surface area contributed by atoms with Crippen molar-refractivity contribution in [2.24, 2.45) is 0 Å². The highest BCUT2D eigenvalue weighted by Crippen LogP contribution is 2.32. The number of benzene rings is 2. The first-order chi connectivity index (χ1) is 11.0. The average Bonchev–Trinajstić information content (AvgIpc) is 2.54. The lowest BCUT2D eigenvalue weighted by Crippen LogP contribution is -2.11. The van der Waals surface area contributed by atoms with Crippen molar-refractivity contribution in [3.63, 3.8) is 0 Å². The van der Waals surface area contributed by atoms with E-state index in [2.05, 4.69) is 0 Å². The van der Waals surface area contributed by atoms with Gasteiger partial charge in [-0.15, -0.1) is 0 Å². The van der Waals surface area contributed by atoms with Crippen LogP contribution in [0.15, 0.2) is 48.5 Å². The second-order valence-electron chi connectivity index (χ2n) is 4.65. The molecule has 0 heterocycles. The van der Waals surface area contributed by atoms with E-state index in [4.69, 9.17) is 28.6 Å². The summed E-state index contributed by atoms with van der Waals surface area (Å²) >= 11 is 11.9. The van der Waals surface area contributed by atoms with E-state index < -0.39 is 11.2 Å². The number of aliphatic carboxylic acids is 1. The fourth-order valence-electron chi connectivity index (χ4n) is 2.00. The highest BCUT2D eigenvalue weighted by atomic mass is 35.5. The number of thiocarbonyl (C=S) groups is 1. The molecule has 0 saturated heterocycles. The van der Waals surface area contributed by atoms with Crippen LogP contribution in [0, 0.1) is 0 Å². The number of rotatable bonds is 5. The second kappa shape index (κ2) is 8.34. The monoisotopic (exact) mass is 366 g/mol. The SMILES string of the molecule is CCOC(=S)SC(C(=O)O)c1ccc(-c2ccc(Cl)cc2)cc1. The van der Waals surface area contributed by atoms with Gasteiger partial charge in [0.05, 0.1) is 6.61 Å². The fourth-order valence-corrected chi connectivity index (χ4v) is 3.31. The molecule has 0 saturated carbocycles. The molecule has 3 nitrogen and oxygen atoms in total. The number of halogens is 1. The lowest BCUT2D eigenvalue weighted by molar-refractivity contribution is -0.136. The molecule has 0 spiro atoms. The molecule has 0 aliphatic heterocycles. The maximum Gasteiger partial charge on any atom is 0.321 e. The molecule has 2 aromatic carbocycles. The van der Waals surface area contributed by atoms with Crippen LogP contribution in [0.25, 0.3) is 11.1 Å². The maximum atomic E-state index is 11.5. The fraction of sp³-hybridized carbons (Fsp3) is 0.176. The maximum absolute atomic E-state index is 11.5. The number of thioether (sulfide) groups is 1. The van der Waals surface area contributed by atoms with Gasteiger partial charge in [-0.3, -0.25) is 4.79 Å². The molecule has 120 valence electrons. The summed E-state index contributed by atoms with van der Waals surface area (Å²) < 4.78 is 5.40. The second-order valence-corrected chi connectivity index (χ2v) is 6.79. The zero-order valence-electron chi connectivity index (χ0n) is 12.4. The Bertz CT molecular complexity index is 684. The smallest absolute Gasteiger partial charge is 0.321 e.